The second-order valence-corrected chi connectivity index (χ2v) is 13.4. The van der Waals surface area contributed by atoms with Gasteiger partial charge in [-0.1, -0.05) is 41.9 Å². The van der Waals surface area contributed by atoms with Crippen molar-refractivity contribution in [1.29, 1.82) is 5.26 Å². The van der Waals surface area contributed by atoms with Crippen molar-refractivity contribution in [2.24, 2.45) is 0 Å². The SMILES string of the molecule is CN1C[C@H](F)C[C@H]1COc1nc(N2CCN(C(=O)OC(C)(C)C)[C@@H](CC#N)C2)c2cnc(-c3cccc4cccc(Cl)c34)c(F)c2n1. The van der Waals surface area contributed by atoms with Crippen molar-refractivity contribution in [3.05, 3.63) is 53.4 Å². The first-order chi connectivity index (χ1) is 22.4. The molecule has 0 radical (unpaired) electrons. The van der Waals surface area contributed by atoms with Gasteiger partial charge in [0.05, 0.1) is 23.9 Å². The van der Waals surface area contributed by atoms with Crippen LogP contribution in [0, 0.1) is 17.1 Å². The lowest BCUT2D eigenvalue weighted by molar-refractivity contribution is 0.0145. The molecule has 2 saturated heterocycles. The molecule has 3 atom stereocenters. The number of nitrogens with zero attached hydrogens (tertiary/aromatic N) is 7. The Kier molecular flexibility index (Phi) is 9.05. The number of rotatable bonds is 6. The molecule has 0 spiro atoms. The third-order valence-electron chi connectivity index (χ3n) is 8.53. The second kappa shape index (κ2) is 13.0. The van der Waals surface area contributed by atoms with Crippen LogP contribution in [0.2, 0.25) is 5.02 Å². The fourth-order valence-corrected chi connectivity index (χ4v) is 6.56. The largest absolute Gasteiger partial charge is 0.462 e. The van der Waals surface area contributed by atoms with Crippen LogP contribution in [0.15, 0.2) is 42.6 Å². The number of nitriles is 1. The number of hydrogen-bond donors (Lipinski definition) is 0. The van der Waals surface area contributed by atoms with E-state index in [-0.39, 0.29) is 49.4 Å². The number of alkyl halides is 1. The third kappa shape index (κ3) is 6.73. The number of anilines is 1. The van der Waals surface area contributed by atoms with Gasteiger partial charge < -0.3 is 19.3 Å². The van der Waals surface area contributed by atoms with E-state index in [1.165, 1.54) is 6.20 Å². The number of carbonyl (C=O) groups is 1. The number of hydrogen-bond acceptors (Lipinski definition) is 9. The molecule has 1 amide bonds. The first-order valence-electron chi connectivity index (χ1n) is 15.6. The van der Waals surface area contributed by atoms with E-state index in [1.54, 1.807) is 37.8 Å². The summed E-state index contributed by atoms with van der Waals surface area (Å²) in [5, 5.41) is 11.9. The smallest absolute Gasteiger partial charge is 0.410 e. The zero-order valence-corrected chi connectivity index (χ0v) is 27.5. The summed E-state index contributed by atoms with van der Waals surface area (Å²) in [5.41, 5.74) is -0.129. The molecule has 13 heteroatoms. The summed E-state index contributed by atoms with van der Waals surface area (Å²) < 4.78 is 42.4. The zero-order chi connectivity index (χ0) is 33.5. The van der Waals surface area contributed by atoms with Crippen molar-refractivity contribution in [3.63, 3.8) is 0 Å². The van der Waals surface area contributed by atoms with E-state index in [9.17, 15) is 14.4 Å². The average molecular weight is 664 g/mol. The lowest BCUT2D eigenvalue weighted by Crippen LogP contribution is -2.56. The fraction of sp³-hybridized carbons (Fsp3) is 0.441. The number of ether oxygens (including phenoxy) is 2. The molecule has 2 aromatic heterocycles. The minimum atomic E-state index is -0.960. The van der Waals surface area contributed by atoms with Crippen molar-refractivity contribution in [2.45, 2.75) is 57.5 Å². The van der Waals surface area contributed by atoms with Gasteiger partial charge in [-0.05, 0) is 45.7 Å². The molecule has 10 nitrogen and oxygen atoms in total. The average Bonchev–Trinajstić information content (AvgIpc) is 3.35. The first-order valence-corrected chi connectivity index (χ1v) is 15.9. The molecule has 47 heavy (non-hydrogen) atoms. The van der Waals surface area contributed by atoms with Crippen molar-refractivity contribution >= 4 is 45.2 Å². The van der Waals surface area contributed by atoms with Crippen molar-refractivity contribution < 1.29 is 23.0 Å². The Morgan fingerprint density at radius 1 is 1.13 bits per heavy atom. The highest BCUT2D eigenvalue weighted by molar-refractivity contribution is 6.36. The maximum Gasteiger partial charge on any atom is 0.410 e. The van der Waals surface area contributed by atoms with E-state index < -0.39 is 29.7 Å². The van der Waals surface area contributed by atoms with Gasteiger partial charge in [0.1, 0.15) is 35.4 Å². The van der Waals surface area contributed by atoms with Gasteiger partial charge in [-0.2, -0.15) is 15.2 Å². The Morgan fingerprint density at radius 2 is 1.89 bits per heavy atom. The Balaban J connectivity index is 1.42. The molecule has 0 N–H and O–H groups in total. The first kappa shape index (κ1) is 32.6. The van der Waals surface area contributed by atoms with E-state index in [0.717, 1.165) is 5.39 Å². The predicted octanol–water partition coefficient (Wildman–Crippen LogP) is 6.40. The predicted molar refractivity (Wildman–Crippen MR) is 176 cm³/mol. The summed E-state index contributed by atoms with van der Waals surface area (Å²) in [4.78, 5) is 32.1. The zero-order valence-electron chi connectivity index (χ0n) is 26.7. The van der Waals surface area contributed by atoms with Crippen molar-refractivity contribution in [1.82, 2.24) is 24.8 Å². The van der Waals surface area contributed by atoms with E-state index in [0.29, 0.717) is 46.7 Å². The third-order valence-corrected chi connectivity index (χ3v) is 8.85. The maximum absolute atomic E-state index is 16.7. The van der Waals surface area contributed by atoms with Gasteiger partial charge in [0.15, 0.2) is 5.82 Å². The van der Waals surface area contributed by atoms with Gasteiger partial charge in [0, 0.05) is 54.4 Å². The second-order valence-electron chi connectivity index (χ2n) is 13.0. The van der Waals surface area contributed by atoms with Crippen LogP contribution >= 0.6 is 11.6 Å². The Hall–Kier alpha value is -4.34. The van der Waals surface area contributed by atoms with Crippen LogP contribution in [0.3, 0.4) is 0 Å². The molecule has 0 bridgehead atoms. The summed E-state index contributed by atoms with van der Waals surface area (Å²) in [6, 6.07) is 12.3. The molecule has 246 valence electrons. The normalized spacial score (nSPS) is 20.5. The number of pyridine rings is 1. The number of likely N-dealkylation sites (N-methyl/N-ethyl adjacent to an activating group) is 1. The van der Waals surface area contributed by atoms with Crippen LogP contribution < -0.4 is 9.64 Å². The van der Waals surface area contributed by atoms with E-state index in [2.05, 4.69) is 16.0 Å². The van der Waals surface area contributed by atoms with Gasteiger partial charge in [0.2, 0.25) is 0 Å². The monoisotopic (exact) mass is 663 g/mol. The molecule has 4 aromatic rings. The molecular formula is C34H36ClF2N7O3. The number of amides is 1. The van der Waals surface area contributed by atoms with Crippen LogP contribution in [0.5, 0.6) is 6.01 Å². The van der Waals surface area contributed by atoms with Gasteiger partial charge in [-0.25, -0.2) is 13.6 Å². The summed E-state index contributed by atoms with van der Waals surface area (Å²) >= 11 is 6.58. The van der Waals surface area contributed by atoms with Crippen LogP contribution in [-0.4, -0.2) is 94.5 Å². The Bertz CT molecular complexity index is 1860. The van der Waals surface area contributed by atoms with Crippen molar-refractivity contribution in [3.8, 4) is 23.3 Å². The lowest BCUT2D eigenvalue weighted by atomic mass is 10.0. The quantitative estimate of drug-likeness (QED) is 0.232. The molecule has 4 heterocycles. The number of likely N-dealkylation sites (tertiary alicyclic amines) is 1. The molecule has 6 rings (SSSR count). The molecule has 0 saturated carbocycles. The molecule has 2 fully saturated rings. The molecule has 2 aliphatic rings. The summed E-state index contributed by atoms with van der Waals surface area (Å²) in [7, 11) is 1.83. The van der Waals surface area contributed by atoms with Gasteiger partial charge in [-0.3, -0.25) is 9.88 Å². The summed E-state index contributed by atoms with van der Waals surface area (Å²) in [6.45, 7) is 6.58. The summed E-state index contributed by atoms with van der Waals surface area (Å²) in [6.07, 6.45) is 0.425. The molecule has 2 aliphatic heterocycles. The van der Waals surface area contributed by atoms with Crippen LogP contribution in [-0.2, 0) is 4.74 Å². The maximum atomic E-state index is 16.7. The number of carbonyl (C=O) groups excluding carboxylic acids is 1. The van der Waals surface area contributed by atoms with Gasteiger partial charge in [-0.15, -0.1) is 0 Å². The van der Waals surface area contributed by atoms with Crippen LogP contribution in [0.4, 0.5) is 19.4 Å². The number of fused-ring (bicyclic) bond motifs is 2. The molecule has 2 aromatic carbocycles. The molecule has 0 unspecified atom stereocenters. The van der Waals surface area contributed by atoms with E-state index in [1.807, 2.05) is 41.1 Å². The highest BCUT2D eigenvalue weighted by atomic mass is 35.5. The standard InChI is InChI=1S/C34H36ClF2N7O3/c1-34(2,3)47-33(45)44-14-13-43(18-22(44)11-12-38)31-25-16-39-29(24-9-5-7-20-8-6-10-26(35)27(20)24)28(37)30(25)40-32(41-31)46-19-23-15-21(36)17-42(23)4/h5-10,16,21-23H,11,13-15,17-19H2,1-4H3/t21-,22+,23+/m1/s1. The number of halogens is 3. The van der Waals surface area contributed by atoms with Crippen LogP contribution in [0.25, 0.3) is 32.9 Å². The molecular weight excluding hydrogens is 628 g/mol. The highest BCUT2D eigenvalue weighted by Gasteiger charge is 2.35. The fourth-order valence-electron chi connectivity index (χ4n) is 6.27. The summed E-state index contributed by atoms with van der Waals surface area (Å²) in [5.74, 6) is -0.319. The lowest BCUT2D eigenvalue weighted by Gasteiger charge is -2.41. The van der Waals surface area contributed by atoms with Gasteiger partial charge >= 0.3 is 12.1 Å². The Labute approximate surface area is 276 Å². The minimum Gasteiger partial charge on any atom is -0.462 e. The highest BCUT2D eigenvalue weighted by Crippen LogP contribution is 2.38. The topological polar surface area (TPSA) is 108 Å². The number of benzene rings is 2. The van der Waals surface area contributed by atoms with Crippen LogP contribution in [0.1, 0.15) is 33.6 Å². The van der Waals surface area contributed by atoms with E-state index in [4.69, 9.17) is 26.1 Å². The van der Waals surface area contributed by atoms with Gasteiger partial charge in [0.25, 0.3) is 0 Å². The van der Waals surface area contributed by atoms with Crippen molar-refractivity contribution in [2.75, 3.05) is 44.7 Å². The van der Waals surface area contributed by atoms with E-state index >= 15 is 4.39 Å². The number of piperazine rings is 1. The minimum absolute atomic E-state index is 0.00592. The Morgan fingerprint density at radius 3 is 2.60 bits per heavy atom. The molecule has 0 aliphatic carbocycles. The number of aromatic nitrogens is 3.